The van der Waals surface area contributed by atoms with Crippen LogP contribution in [0.4, 0.5) is 0 Å². The molecule has 0 aromatic heterocycles. The maximum atomic E-state index is 11.9. The Balaban J connectivity index is 1.97. The van der Waals surface area contributed by atoms with Crippen molar-refractivity contribution in [1.82, 2.24) is 4.83 Å². The molecule has 0 radical (unpaired) electrons. The van der Waals surface area contributed by atoms with Crippen LogP contribution in [-0.2, 0) is 14.8 Å². The van der Waals surface area contributed by atoms with Gasteiger partial charge in [0.05, 0.1) is 11.1 Å². The van der Waals surface area contributed by atoms with Gasteiger partial charge in [-0.2, -0.15) is 13.5 Å². The summed E-state index contributed by atoms with van der Waals surface area (Å²) in [4.78, 5) is 12.6. The van der Waals surface area contributed by atoms with Gasteiger partial charge in [-0.1, -0.05) is 18.2 Å². The third kappa shape index (κ3) is 5.11. The van der Waals surface area contributed by atoms with Crippen molar-refractivity contribution in [1.29, 1.82) is 0 Å². The summed E-state index contributed by atoms with van der Waals surface area (Å²) < 4.78 is 28.8. The Kier molecular flexibility index (Phi) is 5.32. The Bertz CT molecular complexity index is 786. The van der Waals surface area contributed by atoms with Crippen LogP contribution in [0.25, 0.3) is 0 Å². The van der Waals surface area contributed by atoms with E-state index in [9.17, 15) is 13.2 Å². The summed E-state index contributed by atoms with van der Waals surface area (Å²) in [5, 5.41) is 12.2. The third-order valence-electron chi connectivity index (χ3n) is 2.68. The van der Waals surface area contributed by atoms with Crippen LogP contribution in [-0.4, -0.2) is 32.3 Å². The van der Waals surface area contributed by atoms with Crippen molar-refractivity contribution in [2.75, 3.05) is 6.61 Å². The lowest BCUT2D eigenvalue weighted by atomic mass is 10.2. The molecule has 0 heterocycles. The molecule has 0 aliphatic rings. The molecule has 0 bridgehead atoms. The molecule has 0 unspecified atom stereocenters. The predicted molar refractivity (Wildman–Crippen MR) is 83.9 cm³/mol. The Morgan fingerprint density at radius 2 is 1.78 bits per heavy atom. The normalized spacial score (nSPS) is 11.3. The number of benzene rings is 2. The number of ether oxygens (including phenoxy) is 1. The summed E-state index contributed by atoms with van der Waals surface area (Å²) in [5.41, 5.74) is 0.628. The topological polar surface area (TPSA) is 105 Å². The monoisotopic (exact) mass is 334 g/mol. The van der Waals surface area contributed by atoms with E-state index in [1.165, 1.54) is 18.3 Å². The average molecular weight is 334 g/mol. The second-order valence-corrected chi connectivity index (χ2v) is 6.08. The Morgan fingerprint density at radius 3 is 2.39 bits per heavy atom. The predicted octanol–water partition coefficient (Wildman–Crippen LogP) is 1.46. The molecule has 0 saturated heterocycles. The number of carboxylic acids is 1. The first-order chi connectivity index (χ1) is 11.0. The van der Waals surface area contributed by atoms with E-state index in [0.717, 1.165) is 0 Å². The van der Waals surface area contributed by atoms with Gasteiger partial charge in [-0.05, 0) is 42.0 Å². The van der Waals surface area contributed by atoms with Gasteiger partial charge in [-0.3, -0.25) is 0 Å². The number of rotatable bonds is 7. The van der Waals surface area contributed by atoms with Gasteiger partial charge in [-0.15, -0.1) is 0 Å². The quantitative estimate of drug-likeness (QED) is 0.589. The molecule has 2 aromatic carbocycles. The van der Waals surface area contributed by atoms with Crippen LogP contribution < -0.4 is 9.57 Å². The van der Waals surface area contributed by atoms with Crippen molar-refractivity contribution in [3.8, 4) is 5.75 Å². The standard InChI is InChI=1S/C15H14N2O5S/c18-15(19)11-22-13-8-6-12(7-9-13)10-16-17-23(20,21)14-4-2-1-3-5-14/h1-10,17H,11H2,(H,18,19)/b16-10+. The van der Waals surface area contributed by atoms with Crippen LogP contribution in [0.3, 0.4) is 0 Å². The number of hydrazone groups is 1. The van der Waals surface area contributed by atoms with E-state index < -0.39 is 22.6 Å². The van der Waals surface area contributed by atoms with Crippen LogP contribution in [0.2, 0.25) is 0 Å². The first kappa shape index (κ1) is 16.5. The Labute approximate surface area is 133 Å². The maximum absolute atomic E-state index is 11.9. The number of carbonyl (C=O) groups is 1. The van der Waals surface area contributed by atoms with Crippen molar-refractivity contribution in [3.63, 3.8) is 0 Å². The second-order valence-electron chi connectivity index (χ2n) is 4.42. The summed E-state index contributed by atoms with van der Waals surface area (Å²) in [7, 11) is -3.69. The average Bonchev–Trinajstić information content (AvgIpc) is 2.55. The third-order valence-corrected chi connectivity index (χ3v) is 3.92. The maximum Gasteiger partial charge on any atom is 0.341 e. The highest BCUT2D eigenvalue weighted by Crippen LogP contribution is 2.11. The lowest BCUT2D eigenvalue weighted by molar-refractivity contribution is -0.139. The minimum absolute atomic E-state index is 0.120. The van der Waals surface area contributed by atoms with E-state index >= 15 is 0 Å². The molecule has 0 spiro atoms. The molecule has 120 valence electrons. The first-order valence-corrected chi connectivity index (χ1v) is 8.00. The molecule has 0 aliphatic carbocycles. The molecule has 2 N–H and O–H groups in total. The number of nitrogens with zero attached hydrogens (tertiary/aromatic N) is 1. The highest BCUT2D eigenvalue weighted by molar-refractivity contribution is 7.89. The molecular weight excluding hydrogens is 320 g/mol. The summed E-state index contributed by atoms with van der Waals surface area (Å²) >= 11 is 0. The number of nitrogens with one attached hydrogen (secondary N) is 1. The van der Waals surface area contributed by atoms with Gasteiger partial charge in [-0.25, -0.2) is 9.63 Å². The SMILES string of the molecule is O=C(O)COc1ccc(/C=N/NS(=O)(=O)c2ccccc2)cc1. The van der Waals surface area contributed by atoms with Crippen LogP contribution >= 0.6 is 0 Å². The number of aliphatic carboxylic acids is 1. The lowest BCUT2D eigenvalue weighted by Gasteiger charge is -2.03. The van der Waals surface area contributed by atoms with Crippen LogP contribution in [0.15, 0.2) is 64.6 Å². The Morgan fingerprint density at radius 1 is 1.13 bits per heavy atom. The molecule has 0 saturated carbocycles. The molecule has 0 aliphatic heterocycles. The van der Waals surface area contributed by atoms with Crippen molar-refractivity contribution in [2.45, 2.75) is 4.90 Å². The number of hydrogen-bond donors (Lipinski definition) is 2. The van der Waals surface area contributed by atoms with Gasteiger partial charge in [0.1, 0.15) is 5.75 Å². The molecule has 2 rings (SSSR count). The first-order valence-electron chi connectivity index (χ1n) is 6.52. The molecule has 8 heteroatoms. The number of hydrogen-bond acceptors (Lipinski definition) is 5. The van der Waals surface area contributed by atoms with Crippen LogP contribution in [0.1, 0.15) is 5.56 Å². The van der Waals surface area contributed by atoms with Gasteiger partial charge in [0.15, 0.2) is 6.61 Å². The molecule has 2 aromatic rings. The van der Waals surface area contributed by atoms with Crippen molar-refractivity contribution < 1.29 is 23.1 Å². The largest absolute Gasteiger partial charge is 0.482 e. The van der Waals surface area contributed by atoms with E-state index in [1.54, 1.807) is 42.5 Å². The Hall–Kier alpha value is -2.87. The zero-order valence-electron chi connectivity index (χ0n) is 11.9. The summed E-state index contributed by atoms with van der Waals surface area (Å²) in [6, 6.07) is 14.3. The molecule has 7 nitrogen and oxygen atoms in total. The molecule has 0 amide bonds. The van der Waals surface area contributed by atoms with E-state index in [-0.39, 0.29) is 4.90 Å². The van der Waals surface area contributed by atoms with E-state index in [0.29, 0.717) is 11.3 Å². The highest BCUT2D eigenvalue weighted by Gasteiger charge is 2.10. The minimum atomic E-state index is -3.69. The number of carboxylic acid groups (broad SMARTS) is 1. The summed E-state index contributed by atoms with van der Waals surface area (Å²) in [6.07, 6.45) is 1.33. The molecule has 0 atom stereocenters. The van der Waals surface area contributed by atoms with E-state index in [4.69, 9.17) is 9.84 Å². The number of sulfonamides is 1. The highest BCUT2D eigenvalue weighted by atomic mass is 32.2. The van der Waals surface area contributed by atoms with Crippen molar-refractivity contribution >= 4 is 22.2 Å². The fourth-order valence-corrected chi connectivity index (χ4v) is 2.43. The van der Waals surface area contributed by atoms with Crippen LogP contribution in [0.5, 0.6) is 5.75 Å². The van der Waals surface area contributed by atoms with Gasteiger partial charge in [0, 0.05) is 0 Å². The lowest BCUT2D eigenvalue weighted by Crippen LogP contribution is -2.18. The van der Waals surface area contributed by atoms with Gasteiger partial charge >= 0.3 is 5.97 Å². The van der Waals surface area contributed by atoms with E-state index in [1.807, 2.05) is 0 Å². The minimum Gasteiger partial charge on any atom is -0.482 e. The fourth-order valence-electron chi connectivity index (χ4n) is 1.62. The smallest absolute Gasteiger partial charge is 0.341 e. The molecular formula is C15H14N2O5S. The zero-order chi connectivity index (χ0) is 16.7. The van der Waals surface area contributed by atoms with Gasteiger partial charge in [0.2, 0.25) is 0 Å². The van der Waals surface area contributed by atoms with Gasteiger partial charge in [0.25, 0.3) is 10.0 Å². The molecule has 0 fully saturated rings. The fraction of sp³-hybridized carbons (Fsp3) is 0.0667. The van der Waals surface area contributed by atoms with Crippen molar-refractivity contribution in [2.24, 2.45) is 5.10 Å². The van der Waals surface area contributed by atoms with Crippen LogP contribution in [0, 0.1) is 0 Å². The van der Waals surface area contributed by atoms with Crippen molar-refractivity contribution in [3.05, 3.63) is 60.2 Å². The summed E-state index contributed by atoms with van der Waals surface area (Å²) in [6.45, 7) is -0.426. The second kappa shape index (κ2) is 7.41. The zero-order valence-corrected chi connectivity index (χ0v) is 12.7. The molecule has 23 heavy (non-hydrogen) atoms. The van der Waals surface area contributed by atoms with Gasteiger partial charge < -0.3 is 9.84 Å². The van der Waals surface area contributed by atoms with E-state index in [2.05, 4.69) is 9.93 Å². The summed E-state index contributed by atoms with van der Waals surface area (Å²) in [5.74, 6) is -0.666.